The molecule has 0 aliphatic carbocycles. The van der Waals surface area contributed by atoms with Gasteiger partial charge >= 0.3 is 0 Å². The molecule has 2 aromatic rings. The minimum absolute atomic E-state index is 0.160. The summed E-state index contributed by atoms with van der Waals surface area (Å²) in [5, 5.41) is 0.607. The molecule has 4 nitrogen and oxygen atoms in total. The van der Waals surface area contributed by atoms with E-state index in [-0.39, 0.29) is 5.91 Å². The summed E-state index contributed by atoms with van der Waals surface area (Å²) in [5.41, 5.74) is 1.52. The standard InChI is InChI=1S/C18H14ClNO3S2/c1-22-14-8-3-11(9-15(14)23-2)10-16-17(21)20(18(24)25-16)13-6-4-12(19)5-7-13/h3-10H,1-2H3/b16-10-. The van der Waals surface area contributed by atoms with E-state index in [1.807, 2.05) is 12.1 Å². The number of thiocarbonyl (C=S) groups is 1. The summed E-state index contributed by atoms with van der Waals surface area (Å²) in [6.07, 6.45) is 1.79. The lowest BCUT2D eigenvalue weighted by Gasteiger charge is -2.14. The number of hydrogen-bond donors (Lipinski definition) is 0. The summed E-state index contributed by atoms with van der Waals surface area (Å²) in [4.78, 5) is 14.8. The minimum atomic E-state index is -0.160. The molecule has 0 atom stereocenters. The minimum Gasteiger partial charge on any atom is -0.493 e. The fraction of sp³-hybridized carbons (Fsp3) is 0.111. The summed E-state index contributed by atoms with van der Waals surface area (Å²) < 4.78 is 11.0. The van der Waals surface area contributed by atoms with Crippen LogP contribution in [0.4, 0.5) is 5.69 Å². The maximum atomic E-state index is 12.7. The average Bonchev–Trinajstić information content (AvgIpc) is 2.89. The molecule has 2 aromatic carbocycles. The van der Waals surface area contributed by atoms with Crippen LogP contribution in [0.15, 0.2) is 47.4 Å². The van der Waals surface area contributed by atoms with E-state index in [1.54, 1.807) is 50.6 Å². The number of carbonyl (C=O) groups excluding carboxylic acids is 1. The number of thioether (sulfide) groups is 1. The smallest absolute Gasteiger partial charge is 0.270 e. The van der Waals surface area contributed by atoms with Crippen molar-refractivity contribution in [2.75, 3.05) is 19.1 Å². The van der Waals surface area contributed by atoms with Gasteiger partial charge in [-0.1, -0.05) is 41.6 Å². The lowest BCUT2D eigenvalue weighted by molar-refractivity contribution is -0.113. The molecule has 128 valence electrons. The number of carbonyl (C=O) groups is 1. The molecule has 0 N–H and O–H groups in total. The first-order valence-corrected chi connectivity index (χ1v) is 8.89. The molecule has 25 heavy (non-hydrogen) atoms. The predicted molar refractivity (Wildman–Crippen MR) is 107 cm³/mol. The molecule has 1 heterocycles. The van der Waals surface area contributed by atoms with E-state index >= 15 is 0 Å². The van der Waals surface area contributed by atoms with Crippen LogP contribution in [0.3, 0.4) is 0 Å². The summed E-state index contributed by atoms with van der Waals surface area (Å²) in [5.74, 6) is 1.07. The average molecular weight is 392 g/mol. The summed E-state index contributed by atoms with van der Waals surface area (Å²) in [6.45, 7) is 0. The highest BCUT2D eigenvalue weighted by molar-refractivity contribution is 8.27. The molecule has 0 spiro atoms. The van der Waals surface area contributed by atoms with Gasteiger partial charge in [-0.15, -0.1) is 0 Å². The van der Waals surface area contributed by atoms with Crippen molar-refractivity contribution in [1.82, 2.24) is 0 Å². The van der Waals surface area contributed by atoms with Crippen molar-refractivity contribution in [3.8, 4) is 11.5 Å². The van der Waals surface area contributed by atoms with Crippen LogP contribution in [-0.2, 0) is 4.79 Å². The zero-order valence-electron chi connectivity index (χ0n) is 13.5. The number of anilines is 1. The van der Waals surface area contributed by atoms with E-state index in [2.05, 4.69) is 0 Å². The van der Waals surface area contributed by atoms with Crippen LogP contribution in [0.2, 0.25) is 5.02 Å². The summed E-state index contributed by atoms with van der Waals surface area (Å²) >= 11 is 12.5. The summed E-state index contributed by atoms with van der Waals surface area (Å²) in [6, 6.07) is 12.5. The topological polar surface area (TPSA) is 38.8 Å². The zero-order valence-corrected chi connectivity index (χ0v) is 15.9. The Balaban J connectivity index is 1.91. The molecular formula is C18H14ClNO3S2. The molecule has 3 rings (SSSR count). The highest BCUT2D eigenvalue weighted by Gasteiger charge is 2.33. The molecule has 1 saturated heterocycles. The van der Waals surface area contributed by atoms with Gasteiger partial charge in [0.15, 0.2) is 15.8 Å². The molecule has 0 unspecified atom stereocenters. The molecular weight excluding hydrogens is 378 g/mol. The van der Waals surface area contributed by atoms with Crippen molar-refractivity contribution in [3.05, 3.63) is 58.0 Å². The SMILES string of the molecule is COc1ccc(/C=C2\SC(=S)N(c3ccc(Cl)cc3)C2=O)cc1OC. The monoisotopic (exact) mass is 391 g/mol. The normalized spacial score (nSPS) is 15.8. The van der Waals surface area contributed by atoms with Crippen molar-refractivity contribution in [3.63, 3.8) is 0 Å². The maximum Gasteiger partial charge on any atom is 0.270 e. The molecule has 0 aromatic heterocycles. The van der Waals surface area contributed by atoms with Crippen molar-refractivity contribution < 1.29 is 14.3 Å². The molecule has 0 saturated carbocycles. The first kappa shape index (κ1) is 17.8. The van der Waals surface area contributed by atoms with Gasteiger partial charge in [-0.2, -0.15) is 0 Å². The van der Waals surface area contributed by atoms with Crippen LogP contribution >= 0.6 is 35.6 Å². The van der Waals surface area contributed by atoms with E-state index in [0.717, 1.165) is 5.56 Å². The van der Waals surface area contributed by atoms with E-state index < -0.39 is 0 Å². The lowest BCUT2D eigenvalue weighted by Crippen LogP contribution is -2.27. The number of nitrogens with zero attached hydrogens (tertiary/aromatic N) is 1. The number of benzene rings is 2. The second kappa shape index (κ2) is 7.47. The van der Waals surface area contributed by atoms with Crippen LogP contribution < -0.4 is 14.4 Å². The highest BCUT2D eigenvalue weighted by atomic mass is 35.5. The van der Waals surface area contributed by atoms with Gasteiger partial charge in [0, 0.05) is 5.02 Å². The Bertz CT molecular complexity index is 865. The van der Waals surface area contributed by atoms with Gasteiger partial charge in [0.1, 0.15) is 0 Å². The Morgan fingerprint density at radius 2 is 1.76 bits per heavy atom. The number of rotatable bonds is 4. The molecule has 0 radical (unpaired) electrons. The van der Waals surface area contributed by atoms with Gasteiger partial charge in [0.25, 0.3) is 5.91 Å². The molecule has 7 heteroatoms. The predicted octanol–water partition coefficient (Wildman–Crippen LogP) is 4.76. The quantitative estimate of drug-likeness (QED) is 0.554. The first-order chi connectivity index (χ1) is 12.0. The zero-order chi connectivity index (χ0) is 18.0. The second-order valence-electron chi connectivity index (χ2n) is 5.11. The van der Waals surface area contributed by atoms with Gasteiger partial charge in [-0.3, -0.25) is 9.69 Å². The Kier molecular flexibility index (Phi) is 5.32. The Labute approximate surface area is 160 Å². The summed E-state index contributed by atoms with van der Waals surface area (Å²) in [7, 11) is 3.15. The largest absolute Gasteiger partial charge is 0.493 e. The molecule has 0 bridgehead atoms. The number of ether oxygens (including phenoxy) is 2. The van der Waals surface area contributed by atoms with Crippen LogP contribution in [0.1, 0.15) is 5.56 Å². The van der Waals surface area contributed by atoms with Crippen molar-refractivity contribution in [1.29, 1.82) is 0 Å². The second-order valence-corrected chi connectivity index (χ2v) is 7.22. The Morgan fingerprint density at radius 1 is 1.08 bits per heavy atom. The lowest BCUT2D eigenvalue weighted by atomic mass is 10.2. The van der Waals surface area contributed by atoms with Crippen molar-refractivity contribution in [2.24, 2.45) is 0 Å². The molecule has 1 aliphatic heterocycles. The molecule has 1 aliphatic rings. The van der Waals surface area contributed by atoms with Gasteiger partial charge in [0.05, 0.1) is 24.8 Å². The Morgan fingerprint density at radius 3 is 2.40 bits per heavy atom. The maximum absolute atomic E-state index is 12.7. The fourth-order valence-electron chi connectivity index (χ4n) is 2.37. The molecule has 1 amide bonds. The molecule has 1 fully saturated rings. The van der Waals surface area contributed by atoms with E-state index in [0.29, 0.717) is 31.4 Å². The van der Waals surface area contributed by atoms with E-state index in [1.165, 1.54) is 16.7 Å². The number of hydrogen-bond acceptors (Lipinski definition) is 5. The third-order valence-corrected chi connectivity index (χ3v) is 5.14. The number of halogens is 1. The number of amides is 1. The van der Waals surface area contributed by atoms with Crippen LogP contribution in [0.5, 0.6) is 11.5 Å². The van der Waals surface area contributed by atoms with Crippen molar-refractivity contribution >= 4 is 57.6 Å². The highest BCUT2D eigenvalue weighted by Crippen LogP contribution is 2.37. The first-order valence-electron chi connectivity index (χ1n) is 7.29. The Hall–Kier alpha value is -2.02. The van der Waals surface area contributed by atoms with Gasteiger partial charge in [0.2, 0.25) is 0 Å². The van der Waals surface area contributed by atoms with Crippen molar-refractivity contribution in [2.45, 2.75) is 0 Å². The van der Waals surface area contributed by atoms with E-state index in [4.69, 9.17) is 33.3 Å². The van der Waals surface area contributed by atoms with Crippen LogP contribution in [0, 0.1) is 0 Å². The van der Waals surface area contributed by atoms with Gasteiger partial charge < -0.3 is 9.47 Å². The fourth-order valence-corrected chi connectivity index (χ4v) is 3.80. The van der Waals surface area contributed by atoms with Crippen LogP contribution in [-0.4, -0.2) is 24.4 Å². The number of methoxy groups -OCH3 is 2. The third kappa shape index (κ3) is 3.66. The van der Waals surface area contributed by atoms with Gasteiger partial charge in [-0.25, -0.2) is 0 Å². The van der Waals surface area contributed by atoms with E-state index in [9.17, 15) is 4.79 Å². The van der Waals surface area contributed by atoms with Crippen LogP contribution in [0.25, 0.3) is 6.08 Å². The van der Waals surface area contributed by atoms with Gasteiger partial charge in [-0.05, 0) is 48.0 Å². The third-order valence-electron chi connectivity index (χ3n) is 3.58.